The molecule has 0 aromatic heterocycles. The molecular weight excluding hydrogens is 182 g/mol. The summed E-state index contributed by atoms with van der Waals surface area (Å²) in [7, 11) is 0. The maximum Gasteiger partial charge on any atom is 0.305 e. The van der Waals surface area contributed by atoms with E-state index in [1.54, 1.807) is 11.8 Å². The Labute approximate surface area is 84.9 Å². The van der Waals surface area contributed by atoms with E-state index in [1.165, 1.54) is 0 Å². The highest BCUT2D eigenvalue weighted by molar-refractivity contribution is 5.77. The number of rotatable bonds is 6. The van der Waals surface area contributed by atoms with Crippen LogP contribution in [0.15, 0.2) is 0 Å². The summed E-state index contributed by atoms with van der Waals surface area (Å²) in [5, 5.41) is 8.60. The fourth-order valence-electron chi connectivity index (χ4n) is 1.45. The number of nitrogens with zero attached hydrogens (tertiary/aromatic N) is 1. The lowest BCUT2D eigenvalue weighted by Gasteiger charge is -2.26. The Bertz CT molecular complexity index is 204. The number of hydrogen-bond acceptors (Lipinski definition) is 2. The van der Waals surface area contributed by atoms with E-state index in [2.05, 4.69) is 0 Å². The van der Waals surface area contributed by atoms with Crippen molar-refractivity contribution in [1.82, 2.24) is 4.90 Å². The predicted molar refractivity (Wildman–Crippen MR) is 54.0 cm³/mol. The van der Waals surface area contributed by atoms with E-state index in [1.807, 2.05) is 13.8 Å². The molecule has 0 spiro atoms. The summed E-state index contributed by atoms with van der Waals surface area (Å²) in [5.74, 6) is -0.816. The Balaban J connectivity index is 4.23. The normalized spacial score (nSPS) is 12.2. The van der Waals surface area contributed by atoms with Crippen LogP contribution in [0.5, 0.6) is 0 Å². The van der Waals surface area contributed by atoms with Gasteiger partial charge in [0.15, 0.2) is 0 Å². The molecule has 82 valence electrons. The van der Waals surface area contributed by atoms with Gasteiger partial charge in [0.2, 0.25) is 5.91 Å². The number of hydrogen-bond donors (Lipinski definition) is 1. The van der Waals surface area contributed by atoms with Gasteiger partial charge in [0.05, 0.1) is 6.42 Å². The van der Waals surface area contributed by atoms with Crippen molar-refractivity contribution in [1.29, 1.82) is 0 Å². The van der Waals surface area contributed by atoms with Crippen LogP contribution < -0.4 is 0 Å². The zero-order chi connectivity index (χ0) is 11.1. The smallest absolute Gasteiger partial charge is 0.305 e. The lowest BCUT2D eigenvalue weighted by atomic mass is 10.2. The summed E-state index contributed by atoms with van der Waals surface area (Å²) in [4.78, 5) is 23.6. The highest BCUT2D eigenvalue weighted by atomic mass is 16.4. The number of amides is 1. The number of carbonyl (C=O) groups excluding carboxylic acids is 1. The monoisotopic (exact) mass is 201 g/mol. The second-order valence-corrected chi connectivity index (χ2v) is 3.38. The van der Waals surface area contributed by atoms with Gasteiger partial charge in [0, 0.05) is 19.0 Å². The maximum absolute atomic E-state index is 11.5. The molecule has 14 heavy (non-hydrogen) atoms. The molecule has 1 atom stereocenters. The third-order valence-corrected chi connectivity index (χ3v) is 2.13. The molecule has 0 saturated heterocycles. The Kier molecular flexibility index (Phi) is 5.92. The minimum absolute atomic E-state index is 0.0172. The third-order valence-electron chi connectivity index (χ3n) is 2.13. The molecule has 0 aliphatic rings. The quantitative estimate of drug-likeness (QED) is 0.708. The number of carbonyl (C=O) groups is 2. The molecule has 0 radical (unpaired) electrons. The standard InChI is InChI=1S/C10H19NO3/c1-4-6-9(12)11(5-2)8(3)7-10(13)14/h8H,4-7H2,1-3H3,(H,13,14). The van der Waals surface area contributed by atoms with Gasteiger partial charge >= 0.3 is 5.97 Å². The zero-order valence-electron chi connectivity index (χ0n) is 9.12. The second kappa shape index (κ2) is 6.40. The van der Waals surface area contributed by atoms with Gasteiger partial charge in [-0.2, -0.15) is 0 Å². The van der Waals surface area contributed by atoms with E-state index in [0.29, 0.717) is 13.0 Å². The van der Waals surface area contributed by atoms with E-state index in [4.69, 9.17) is 5.11 Å². The van der Waals surface area contributed by atoms with Crippen molar-refractivity contribution in [2.75, 3.05) is 6.54 Å². The van der Waals surface area contributed by atoms with Gasteiger partial charge in [0.25, 0.3) is 0 Å². The Hall–Kier alpha value is -1.06. The van der Waals surface area contributed by atoms with Crippen LogP contribution in [-0.2, 0) is 9.59 Å². The highest BCUT2D eigenvalue weighted by Crippen LogP contribution is 2.07. The van der Waals surface area contributed by atoms with Gasteiger partial charge in [-0.05, 0) is 20.3 Å². The van der Waals surface area contributed by atoms with Crippen molar-refractivity contribution in [3.8, 4) is 0 Å². The first-order valence-electron chi connectivity index (χ1n) is 5.04. The van der Waals surface area contributed by atoms with Gasteiger partial charge in [0.1, 0.15) is 0 Å². The molecule has 0 aliphatic carbocycles. The molecule has 1 N–H and O–H groups in total. The lowest BCUT2D eigenvalue weighted by Crippen LogP contribution is -2.39. The summed E-state index contributed by atoms with van der Waals surface area (Å²) in [6.07, 6.45) is 1.32. The molecule has 0 saturated carbocycles. The van der Waals surface area contributed by atoms with Gasteiger partial charge < -0.3 is 10.0 Å². The van der Waals surface area contributed by atoms with E-state index in [0.717, 1.165) is 6.42 Å². The topological polar surface area (TPSA) is 57.6 Å². The number of carboxylic acids is 1. The van der Waals surface area contributed by atoms with Crippen LogP contribution >= 0.6 is 0 Å². The zero-order valence-corrected chi connectivity index (χ0v) is 9.12. The SMILES string of the molecule is CCCC(=O)N(CC)C(C)CC(=O)O. The van der Waals surface area contributed by atoms with Crippen molar-refractivity contribution in [3.63, 3.8) is 0 Å². The van der Waals surface area contributed by atoms with Gasteiger partial charge in [-0.15, -0.1) is 0 Å². The second-order valence-electron chi connectivity index (χ2n) is 3.38. The van der Waals surface area contributed by atoms with E-state index < -0.39 is 5.97 Å². The van der Waals surface area contributed by atoms with Crippen molar-refractivity contribution in [2.24, 2.45) is 0 Å². The number of carboxylic acid groups (broad SMARTS) is 1. The average molecular weight is 201 g/mol. The molecule has 0 aromatic rings. The Morgan fingerprint density at radius 2 is 1.93 bits per heavy atom. The molecule has 0 fully saturated rings. The van der Waals surface area contributed by atoms with Gasteiger partial charge in [-0.1, -0.05) is 6.92 Å². The summed E-state index contributed by atoms with van der Waals surface area (Å²) in [6.45, 7) is 6.15. The van der Waals surface area contributed by atoms with Crippen LogP contribution in [0.25, 0.3) is 0 Å². The largest absolute Gasteiger partial charge is 0.481 e. The molecule has 1 unspecified atom stereocenters. The lowest BCUT2D eigenvalue weighted by molar-refractivity contribution is -0.140. The minimum atomic E-state index is -0.861. The Morgan fingerprint density at radius 1 is 1.36 bits per heavy atom. The van der Waals surface area contributed by atoms with Crippen LogP contribution in [0.1, 0.15) is 40.0 Å². The van der Waals surface area contributed by atoms with Crippen molar-refractivity contribution < 1.29 is 14.7 Å². The van der Waals surface area contributed by atoms with Crippen LogP contribution in [0, 0.1) is 0 Å². The molecular formula is C10H19NO3. The molecule has 0 heterocycles. The molecule has 4 heteroatoms. The fraction of sp³-hybridized carbons (Fsp3) is 0.800. The summed E-state index contributed by atoms with van der Waals surface area (Å²) in [6, 6.07) is -0.212. The van der Waals surface area contributed by atoms with Crippen molar-refractivity contribution >= 4 is 11.9 Å². The van der Waals surface area contributed by atoms with Crippen molar-refractivity contribution in [2.45, 2.75) is 46.1 Å². The first kappa shape index (κ1) is 12.9. The average Bonchev–Trinajstić information content (AvgIpc) is 2.04. The van der Waals surface area contributed by atoms with Gasteiger partial charge in [-0.25, -0.2) is 0 Å². The number of aliphatic carboxylic acids is 1. The molecule has 4 nitrogen and oxygen atoms in total. The molecule has 1 amide bonds. The summed E-state index contributed by atoms with van der Waals surface area (Å²) in [5.41, 5.74) is 0. The minimum Gasteiger partial charge on any atom is -0.481 e. The molecule has 0 bridgehead atoms. The van der Waals surface area contributed by atoms with Crippen LogP contribution in [0.2, 0.25) is 0 Å². The first-order chi connectivity index (χ1) is 6.52. The van der Waals surface area contributed by atoms with E-state index in [9.17, 15) is 9.59 Å². The van der Waals surface area contributed by atoms with Crippen LogP contribution in [-0.4, -0.2) is 34.5 Å². The molecule has 0 aromatic carbocycles. The highest BCUT2D eigenvalue weighted by Gasteiger charge is 2.19. The van der Waals surface area contributed by atoms with Crippen molar-refractivity contribution in [3.05, 3.63) is 0 Å². The van der Waals surface area contributed by atoms with Gasteiger partial charge in [-0.3, -0.25) is 9.59 Å². The fourth-order valence-corrected chi connectivity index (χ4v) is 1.45. The third kappa shape index (κ3) is 4.25. The summed E-state index contributed by atoms with van der Waals surface area (Å²) >= 11 is 0. The van der Waals surface area contributed by atoms with Crippen LogP contribution in [0.3, 0.4) is 0 Å². The molecule has 0 rings (SSSR count). The first-order valence-corrected chi connectivity index (χ1v) is 5.04. The van der Waals surface area contributed by atoms with Crippen LogP contribution in [0.4, 0.5) is 0 Å². The van der Waals surface area contributed by atoms with E-state index >= 15 is 0 Å². The Morgan fingerprint density at radius 3 is 2.29 bits per heavy atom. The van der Waals surface area contributed by atoms with E-state index in [-0.39, 0.29) is 18.4 Å². The molecule has 0 aliphatic heterocycles. The summed E-state index contributed by atoms with van der Waals surface area (Å²) < 4.78 is 0. The predicted octanol–water partition coefficient (Wildman–Crippen LogP) is 1.50. The maximum atomic E-state index is 11.5.